The van der Waals surface area contributed by atoms with Crippen LogP contribution >= 0.6 is 0 Å². The number of carboxylic acids is 1. The number of nitrogens with zero attached hydrogens (tertiary/aromatic N) is 2. The summed E-state index contributed by atoms with van der Waals surface area (Å²) >= 11 is 0. The van der Waals surface area contributed by atoms with Crippen LogP contribution in [-0.2, 0) is 4.79 Å². The van der Waals surface area contributed by atoms with Crippen LogP contribution in [-0.4, -0.2) is 65.3 Å². The summed E-state index contributed by atoms with van der Waals surface area (Å²) in [6.07, 6.45) is -0.0705. The lowest BCUT2D eigenvalue weighted by Crippen LogP contribution is -2.43. The molecule has 0 spiro atoms. The molecule has 2 amide bonds. The molecule has 0 saturated carbocycles. The lowest BCUT2D eigenvalue weighted by molar-refractivity contribution is -0.137. The number of carboxylic acid groups (broad SMARTS) is 1. The van der Waals surface area contributed by atoms with E-state index >= 15 is 0 Å². The first-order valence-corrected chi connectivity index (χ1v) is 4.85. The second-order valence-corrected chi connectivity index (χ2v) is 3.15. The van der Waals surface area contributed by atoms with Crippen LogP contribution in [0.15, 0.2) is 0 Å². The van der Waals surface area contributed by atoms with Crippen LogP contribution in [0.1, 0.15) is 13.3 Å². The van der Waals surface area contributed by atoms with Gasteiger partial charge < -0.3 is 20.0 Å². The molecule has 88 valence electrons. The van der Waals surface area contributed by atoms with Gasteiger partial charge in [-0.3, -0.25) is 4.79 Å². The van der Waals surface area contributed by atoms with E-state index < -0.39 is 5.97 Å². The van der Waals surface area contributed by atoms with E-state index in [0.717, 1.165) is 0 Å². The largest absolute Gasteiger partial charge is 0.481 e. The zero-order chi connectivity index (χ0) is 11.8. The van der Waals surface area contributed by atoms with Gasteiger partial charge in [0.2, 0.25) is 0 Å². The quantitative estimate of drug-likeness (QED) is 0.648. The highest BCUT2D eigenvalue weighted by Crippen LogP contribution is 1.97. The van der Waals surface area contributed by atoms with Crippen molar-refractivity contribution in [3.63, 3.8) is 0 Å². The fraction of sp³-hybridized carbons (Fsp3) is 0.778. The third kappa shape index (κ3) is 5.21. The average Bonchev–Trinajstić information content (AvgIpc) is 2.21. The van der Waals surface area contributed by atoms with Crippen molar-refractivity contribution in [2.45, 2.75) is 13.3 Å². The monoisotopic (exact) mass is 218 g/mol. The summed E-state index contributed by atoms with van der Waals surface area (Å²) in [4.78, 5) is 24.7. The number of hydrogen-bond donors (Lipinski definition) is 2. The van der Waals surface area contributed by atoms with E-state index in [2.05, 4.69) is 0 Å². The number of amides is 2. The minimum Gasteiger partial charge on any atom is -0.481 e. The highest BCUT2D eigenvalue weighted by molar-refractivity contribution is 5.75. The van der Waals surface area contributed by atoms with Crippen molar-refractivity contribution in [1.29, 1.82) is 0 Å². The molecule has 6 heteroatoms. The van der Waals surface area contributed by atoms with Gasteiger partial charge in [-0.05, 0) is 6.92 Å². The molecule has 0 fully saturated rings. The highest BCUT2D eigenvalue weighted by atomic mass is 16.4. The van der Waals surface area contributed by atoms with Gasteiger partial charge in [-0.25, -0.2) is 4.79 Å². The Hall–Kier alpha value is -1.30. The van der Waals surface area contributed by atoms with Crippen LogP contribution in [0.25, 0.3) is 0 Å². The van der Waals surface area contributed by atoms with E-state index in [1.807, 2.05) is 0 Å². The summed E-state index contributed by atoms with van der Waals surface area (Å²) < 4.78 is 0. The number of carbonyl (C=O) groups is 2. The number of likely N-dealkylation sites (N-methyl/N-ethyl adjacent to an activating group) is 1. The van der Waals surface area contributed by atoms with Crippen molar-refractivity contribution < 1.29 is 19.8 Å². The van der Waals surface area contributed by atoms with Gasteiger partial charge in [0.1, 0.15) is 0 Å². The number of aliphatic carboxylic acids is 1. The first kappa shape index (κ1) is 13.7. The Bertz CT molecular complexity index is 220. The number of aliphatic hydroxyl groups excluding tert-OH is 1. The van der Waals surface area contributed by atoms with Gasteiger partial charge in [0.05, 0.1) is 13.0 Å². The van der Waals surface area contributed by atoms with Gasteiger partial charge in [0.15, 0.2) is 0 Å². The summed E-state index contributed by atoms with van der Waals surface area (Å²) in [6.45, 7) is 2.66. The first-order chi connectivity index (χ1) is 7.02. The minimum atomic E-state index is -0.931. The maximum Gasteiger partial charge on any atom is 0.319 e. The van der Waals surface area contributed by atoms with E-state index in [-0.39, 0.29) is 32.1 Å². The van der Waals surface area contributed by atoms with E-state index in [0.29, 0.717) is 6.54 Å². The molecule has 6 nitrogen and oxygen atoms in total. The lowest BCUT2D eigenvalue weighted by Gasteiger charge is -2.26. The molecule has 0 radical (unpaired) electrons. The van der Waals surface area contributed by atoms with Crippen LogP contribution in [0.5, 0.6) is 0 Å². The van der Waals surface area contributed by atoms with Crippen molar-refractivity contribution >= 4 is 12.0 Å². The number of aliphatic hydroxyl groups is 1. The number of hydrogen-bond acceptors (Lipinski definition) is 3. The van der Waals surface area contributed by atoms with Gasteiger partial charge in [0, 0.05) is 26.7 Å². The average molecular weight is 218 g/mol. The van der Waals surface area contributed by atoms with E-state index in [1.54, 1.807) is 14.0 Å². The molecule has 0 aromatic rings. The fourth-order valence-electron chi connectivity index (χ4n) is 1.11. The number of rotatable bonds is 6. The van der Waals surface area contributed by atoms with Crippen LogP contribution in [0.3, 0.4) is 0 Å². The molecule has 0 aliphatic heterocycles. The summed E-state index contributed by atoms with van der Waals surface area (Å²) in [7, 11) is 1.55. The van der Waals surface area contributed by atoms with E-state index in [1.165, 1.54) is 9.80 Å². The van der Waals surface area contributed by atoms with Crippen LogP contribution in [0.2, 0.25) is 0 Å². The van der Waals surface area contributed by atoms with Gasteiger partial charge in [-0.1, -0.05) is 0 Å². The Morgan fingerprint density at radius 2 is 1.87 bits per heavy atom. The third-order valence-corrected chi connectivity index (χ3v) is 2.01. The van der Waals surface area contributed by atoms with Crippen molar-refractivity contribution in [1.82, 2.24) is 9.80 Å². The Morgan fingerprint density at radius 1 is 1.27 bits per heavy atom. The SMILES string of the molecule is CCN(CCO)C(=O)N(C)CCC(=O)O. The fourth-order valence-corrected chi connectivity index (χ4v) is 1.11. The molecule has 2 N–H and O–H groups in total. The zero-order valence-electron chi connectivity index (χ0n) is 9.14. The highest BCUT2D eigenvalue weighted by Gasteiger charge is 2.16. The van der Waals surface area contributed by atoms with Gasteiger partial charge in [0.25, 0.3) is 0 Å². The number of carbonyl (C=O) groups excluding carboxylic acids is 1. The Morgan fingerprint density at radius 3 is 2.27 bits per heavy atom. The van der Waals surface area contributed by atoms with Gasteiger partial charge >= 0.3 is 12.0 Å². The normalized spacial score (nSPS) is 9.80. The molecular weight excluding hydrogens is 200 g/mol. The summed E-state index contributed by atoms with van der Waals surface area (Å²) in [5.41, 5.74) is 0. The standard InChI is InChI=1S/C9H18N2O4/c1-3-11(6-7-12)9(15)10(2)5-4-8(13)14/h12H,3-7H2,1-2H3,(H,13,14). The van der Waals surface area contributed by atoms with Crippen LogP contribution < -0.4 is 0 Å². The second-order valence-electron chi connectivity index (χ2n) is 3.15. The van der Waals surface area contributed by atoms with E-state index in [9.17, 15) is 9.59 Å². The van der Waals surface area contributed by atoms with Crippen molar-refractivity contribution in [2.75, 3.05) is 33.3 Å². The Labute approximate surface area is 89.1 Å². The third-order valence-electron chi connectivity index (χ3n) is 2.01. The molecule has 0 aliphatic carbocycles. The smallest absolute Gasteiger partial charge is 0.319 e. The molecule has 15 heavy (non-hydrogen) atoms. The maximum absolute atomic E-state index is 11.6. The molecule has 0 atom stereocenters. The summed E-state index contributed by atoms with van der Waals surface area (Å²) in [5.74, 6) is -0.931. The zero-order valence-corrected chi connectivity index (χ0v) is 9.14. The predicted molar refractivity (Wildman–Crippen MR) is 54.6 cm³/mol. The predicted octanol–water partition coefficient (Wildman–Crippen LogP) is -0.173. The number of urea groups is 1. The van der Waals surface area contributed by atoms with E-state index in [4.69, 9.17) is 10.2 Å². The Balaban J connectivity index is 4.09. The molecule has 0 aliphatic rings. The van der Waals surface area contributed by atoms with Crippen molar-refractivity contribution in [3.05, 3.63) is 0 Å². The molecule has 0 heterocycles. The van der Waals surface area contributed by atoms with Crippen molar-refractivity contribution in [2.24, 2.45) is 0 Å². The van der Waals surface area contributed by atoms with Crippen LogP contribution in [0.4, 0.5) is 4.79 Å². The van der Waals surface area contributed by atoms with Crippen molar-refractivity contribution in [3.8, 4) is 0 Å². The maximum atomic E-state index is 11.6. The first-order valence-electron chi connectivity index (χ1n) is 4.85. The minimum absolute atomic E-state index is 0.0705. The molecule has 0 aromatic heterocycles. The summed E-state index contributed by atoms with van der Waals surface area (Å²) in [6, 6.07) is -0.257. The second kappa shape index (κ2) is 7.05. The molecule has 0 unspecified atom stereocenters. The van der Waals surface area contributed by atoms with Crippen LogP contribution in [0, 0.1) is 0 Å². The lowest BCUT2D eigenvalue weighted by atomic mass is 10.4. The molecule has 0 rings (SSSR count). The molecular formula is C9H18N2O4. The Kier molecular flexibility index (Phi) is 6.44. The van der Waals surface area contributed by atoms with Gasteiger partial charge in [-0.15, -0.1) is 0 Å². The topological polar surface area (TPSA) is 81.1 Å². The summed E-state index contributed by atoms with van der Waals surface area (Å²) in [5, 5.41) is 17.2. The van der Waals surface area contributed by atoms with Gasteiger partial charge in [-0.2, -0.15) is 0 Å². The molecule has 0 saturated heterocycles. The molecule has 0 aromatic carbocycles. The molecule has 0 bridgehead atoms.